The predicted octanol–water partition coefficient (Wildman–Crippen LogP) is 3.83. The van der Waals surface area contributed by atoms with Gasteiger partial charge in [0.1, 0.15) is 12.4 Å². The molecule has 0 unspecified atom stereocenters. The second kappa shape index (κ2) is 8.15. The number of esters is 1. The van der Waals surface area contributed by atoms with Crippen molar-refractivity contribution in [1.29, 1.82) is 0 Å². The van der Waals surface area contributed by atoms with Gasteiger partial charge in [-0.15, -0.1) is 11.3 Å². The SMILES string of the molecule is Cc1c([C@@H](O)CN2CCC3(CC2)CCN(c2ccc4sccc4n2)C3=O)ccc2c1COC2=O. The molecule has 3 aromatic rings. The first-order valence-electron chi connectivity index (χ1n) is 11.8. The molecule has 1 atom stereocenters. The molecule has 0 radical (unpaired) electrons. The van der Waals surface area contributed by atoms with E-state index in [0.29, 0.717) is 18.7 Å². The van der Waals surface area contributed by atoms with Crippen LogP contribution in [-0.4, -0.2) is 53.0 Å². The molecule has 2 saturated heterocycles. The van der Waals surface area contributed by atoms with Crippen LogP contribution in [0, 0.1) is 12.3 Å². The van der Waals surface area contributed by atoms with E-state index in [-0.39, 0.29) is 23.9 Å². The summed E-state index contributed by atoms with van der Waals surface area (Å²) in [5, 5.41) is 13.0. The number of cyclic esters (lactones) is 1. The van der Waals surface area contributed by atoms with Crippen molar-refractivity contribution in [2.45, 2.75) is 38.9 Å². The summed E-state index contributed by atoms with van der Waals surface area (Å²) in [6.07, 6.45) is 1.79. The number of rotatable bonds is 4. The van der Waals surface area contributed by atoms with Crippen LogP contribution in [0.15, 0.2) is 35.7 Å². The highest BCUT2D eigenvalue weighted by atomic mass is 32.1. The van der Waals surface area contributed by atoms with Gasteiger partial charge in [0, 0.05) is 18.7 Å². The van der Waals surface area contributed by atoms with E-state index in [1.165, 1.54) is 0 Å². The molecular weight excluding hydrogens is 450 g/mol. The number of hydrogen-bond donors (Lipinski definition) is 1. The third-order valence-corrected chi connectivity index (χ3v) is 8.76. The first-order valence-corrected chi connectivity index (χ1v) is 12.7. The highest BCUT2D eigenvalue weighted by molar-refractivity contribution is 7.17. The number of aromatic nitrogens is 1. The Labute approximate surface area is 202 Å². The molecule has 2 fully saturated rings. The normalized spacial score (nSPS) is 20.8. The van der Waals surface area contributed by atoms with Crippen molar-refractivity contribution >= 4 is 39.2 Å². The fourth-order valence-electron chi connectivity index (χ4n) is 5.73. The minimum Gasteiger partial charge on any atom is -0.457 e. The van der Waals surface area contributed by atoms with Gasteiger partial charge in [0.2, 0.25) is 5.91 Å². The third kappa shape index (κ3) is 3.43. The van der Waals surface area contributed by atoms with Gasteiger partial charge < -0.3 is 14.7 Å². The van der Waals surface area contributed by atoms with E-state index >= 15 is 0 Å². The molecule has 0 saturated carbocycles. The number of pyridine rings is 1. The standard InChI is InChI=1S/C26H27N3O4S/c1-16-17(2-3-18-19(16)15-33-24(18)31)21(30)14-28-10-7-26(8-11-28)9-12-29(25(26)32)23-5-4-22-20(27-23)6-13-34-22/h2-6,13,21,30H,7-12,14-15H2,1H3/t21-/m0/s1. The summed E-state index contributed by atoms with van der Waals surface area (Å²) in [5.41, 5.74) is 3.87. The maximum absolute atomic E-state index is 13.5. The van der Waals surface area contributed by atoms with Crippen molar-refractivity contribution in [3.63, 3.8) is 0 Å². The molecule has 1 spiro atoms. The molecular formula is C26H27N3O4S. The number of aliphatic hydroxyl groups excluding tert-OH is 1. The molecule has 1 amide bonds. The average molecular weight is 478 g/mol. The van der Waals surface area contributed by atoms with Gasteiger partial charge in [-0.2, -0.15) is 0 Å². The molecule has 0 aliphatic carbocycles. The van der Waals surface area contributed by atoms with Gasteiger partial charge in [-0.3, -0.25) is 9.69 Å². The van der Waals surface area contributed by atoms with Crippen molar-refractivity contribution in [2.75, 3.05) is 31.1 Å². The number of carbonyl (C=O) groups excluding carboxylic acids is 2. The molecule has 3 aliphatic heterocycles. The van der Waals surface area contributed by atoms with Crippen LogP contribution in [0.4, 0.5) is 5.82 Å². The van der Waals surface area contributed by atoms with Crippen molar-refractivity contribution in [3.05, 3.63) is 58.0 Å². The third-order valence-electron chi connectivity index (χ3n) is 7.89. The molecule has 2 aromatic heterocycles. The number of anilines is 1. The Morgan fingerprint density at radius 3 is 2.74 bits per heavy atom. The molecule has 5 heterocycles. The zero-order valence-corrected chi connectivity index (χ0v) is 19.9. The number of benzene rings is 1. The maximum atomic E-state index is 13.5. The summed E-state index contributed by atoms with van der Waals surface area (Å²) in [6.45, 7) is 4.99. The first kappa shape index (κ1) is 21.7. The van der Waals surface area contributed by atoms with Gasteiger partial charge >= 0.3 is 5.97 Å². The van der Waals surface area contributed by atoms with E-state index in [4.69, 9.17) is 9.72 Å². The number of likely N-dealkylation sites (tertiary alicyclic amines) is 1. The van der Waals surface area contributed by atoms with E-state index in [1.54, 1.807) is 17.4 Å². The highest BCUT2D eigenvalue weighted by Gasteiger charge is 2.49. The van der Waals surface area contributed by atoms with E-state index in [1.807, 2.05) is 41.5 Å². The second-order valence-corrected chi connectivity index (χ2v) is 10.6. The quantitative estimate of drug-likeness (QED) is 0.575. The summed E-state index contributed by atoms with van der Waals surface area (Å²) in [5.74, 6) is 0.648. The lowest BCUT2D eigenvalue weighted by Crippen LogP contribution is -2.45. The van der Waals surface area contributed by atoms with Crippen LogP contribution in [0.2, 0.25) is 0 Å². The number of piperidine rings is 1. The molecule has 3 aliphatic rings. The molecule has 176 valence electrons. The molecule has 7 nitrogen and oxygen atoms in total. The van der Waals surface area contributed by atoms with Crippen molar-refractivity contribution in [2.24, 2.45) is 5.41 Å². The summed E-state index contributed by atoms with van der Waals surface area (Å²) in [4.78, 5) is 34.1. The lowest BCUT2D eigenvalue weighted by atomic mass is 9.77. The smallest absolute Gasteiger partial charge is 0.338 e. The summed E-state index contributed by atoms with van der Waals surface area (Å²) in [7, 11) is 0. The van der Waals surface area contributed by atoms with Gasteiger partial charge in [0.15, 0.2) is 0 Å². The van der Waals surface area contributed by atoms with Gasteiger partial charge in [-0.05, 0) is 80.0 Å². The Hall–Kier alpha value is -2.81. The van der Waals surface area contributed by atoms with Crippen LogP contribution in [-0.2, 0) is 16.1 Å². The molecule has 1 aromatic carbocycles. The van der Waals surface area contributed by atoms with E-state index in [0.717, 1.165) is 65.1 Å². The number of fused-ring (bicyclic) bond motifs is 2. The van der Waals surface area contributed by atoms with Crippen LogP contribution >= 0.6 is 11.3 Å². The number of carbonyl (C=O) groups is 2. The zero-order chi connectivity index (χ0) is 23.4. The minimum atomic E-state index is -0.646. The summed E-state index contributed by atoms with van der Waals surface area (Å²) < 4.78 is 6.27. The number of hydrogen-bond acceptors (Lipinski definition) is 7. The van der Waals surface area contributed by atoms with Crippen LogP contribution in [0.25, 0.3) is 10.2 Å². The largest absolute Gasteiger partial charge is 0.457 e. The van der Waals surface area contributed by atoms with Gasteiger partial charge in [0.05, 0.1) is 27.3 Å². The van der Waals surface area contributed by atoms with E-state index in [9.17, 15) is 14.7 Å². The Morgan fingerprint density at radius 2 is 1.91 bits per heavy atom. The average Bonchev–Trinajstić information content (AvgIpc) is 3.54. The zero-order valence-electron chi connectivity index (χ0n) is 19.1. The second-order valence-electron chi connectivity index (χ2n) is 9.66. The van der Waals surface area contributed by atoms with Gasteiger partial charge in [-0.25, -0.2) is 9.78 Å². The van der Waals surface area contributed by atoms with E-state index in [2.05, 4.69) is 4.90 Å². The summed E-state index contributed by atoms with van der Waals surface area (Å²) in [6, 6.07) is 9.60. The fourth-order valence-corrected chi connectivity index (χ4v) is 6.46. The van der Waals surface area contributed by atoms with Crippen molar-refractivity contribution in [3.8, 4) is 0 Å². The molecule has 8 heteroatoms. The highest BCUT2D eigenvalue weighted by Crippen LogP contribution is 2.43. The Bertz CT molecular complexity index is 1290. The van der Waals surface area contributed by atoms with Crippen LogP contribution in [0.5, 0.6) is 0 Å². The molecule has 34 heavy (non-hydrogen) atoms. The first-order chi connectivity index (χ1) is 16.4. The topological polar surface area (TPSA) is 83.0 Å². The number of thiophene rings is 1. The number of ether oxygens (including phenoxy) is 1. The maximum Gasteiger partial charge on any atom is 0.338 e. The lowest BCUT2D eigenvalue weighted by Gasteiger charge is -2.38. The van der Waals surface area contributed by atoms with Crippen molar-refractivity contribution < 1.29 is 19.4 Å². The number of β-amino-alcohol motifs (C(OH)–C–C–N with tert-alkyl or cyclic N) is 1. The molecule has 6 rings (SSSR count). The molecule has 1 N–H and O–H groups in total. The lowest BCUT2D eigenvalue weighted by molar-refractivity contribution is -0.128. The van der Waals surface area contributed by atoms with Crippen LogP contribution in [0.3, 0.4) is 0 Å². The predicted molar refractivity (Wildman–Crippen MR) is 130 cm³/mol. The van der Waals surface area contributed by atoms with Gasteiger partial charge in [0.25, 0.3) is 0 Å². The minimum absolute atomic E-state index is 0.189. The Kier molecular flexibility index (Phi) is 5.20. The van der Waals surface area contributed by atoms with Crippen LogP contribution < -0.4 is 4.90 Å². The Balaban J connectivity index is 1.11. The number of aliphatic hydroxyl groups is 1. The summed E-state index contributed by atoms with van der Waals surface area (Å²) >= 11 is 1.66. The Morgan fingerprint density at radius 1 is 1.12 bits per heavy atom. The van der Waals surface area contributed by atoms with Crippen molar-refractivity contribution in [1.82, 2.24) is 9.88 Å². The number of amides is 1. The molecule has 0 bridgehead atoms. The number of nitrogens with zero attached hydrogens (tertiary/aromatic N) is 3. The fraction of sp³-hybridized carbons (Fsp3) is 0.423. The van der Waals surface area contributed by atoms with E-state index < -0.39 is 6.10 Å². The monoisotopic (exact) mass is 477 g/mol. The van der Waals surface area contributed by atoms with Gasteiger partial charge in [-0.1, -0.05) is 6.07 Å². The van der Waals surface area contributed by atoms with Crippen LogP contribution in [0.1, 0.15) is 52.4 Å².